The third-order valence-corrected chi connectivity index (χ3v) is 5.43. The van der Waals surface area contributed by atoms with E-state index in [-0.39, 0.29) is 0 Å². The van der Waals surface area contributed by atoms with E-state index in [2.05, 4.69) is 80.8 Å². The summed E-state index contributed by atoms with van der Waals surface area (Å²) in [6.07, 6.45) is 3.48. The lowest BCUT2D eigenvalue weighted by Crippen LogP contribution is -2.39. The van der Waals surface area contributed by atoms with Crippen LogP contribution >= 0.6 is 11.3 Å². The molecule has 0 radical (unpaired) electrons. The Morgan fingerprint density at radius 3 is 2.76 bits per heavy atom. The van der Waals surface area contributed by atoms with E-state index >= 15 is 0 Å². The smallest absolute Gasteiger partial charge is 0.191 e. The van der Waals surface area contributed by atoms with Gasteiger partial charge >= 0.3 is 0 Å². The van der Waals surface area contributed by atoms with Crippen molar-refractivity contribution < 1.29 is 0 Å². The van der Waals surface area contributed by atoms with Crippen molar-refractivity contribution in [1.82, 2.24) is 30.4 Å². The fourth-order valence-electron chi connectivity index (χ4n) is 2.91. The summed E-state index contributed by atoms with van der Waals surface area (Å²) in [6.45, 7) is 9.35. The minimum absolute atomic E-state index is 0.694. The number of guanidine groups is 1. The molecule has 0 aliphatic heterocycles. The molecule has 0 saturated heterocycles. The molecule has 0 fully saturated rings. The van der Waals surface area contributed by atoms with Crippen LogP contribution in [-0.4, -0.2) is 45.3 Å². The summed E-state index contributed by atoms with van der Waals surface area (Å²) in [5, 5.41) is 17.9. The third kappa shape index (κ3) is 6.12. The Morgan fingerprint density at radius 2 is 2.00 bits per heavy atom. The molecule has 2 aromatic heterocycles. The van der Waals surface area contributed by atoms with E-state index in [0.29, 0.717) is 6.54 Å². The van der Waals surface area contributed by atoms with E-state index < -0.39 is 0 Å². The number of aryl methyl sites for hydroxylation is 2. The molecular formula is C21H29N7S. The maximum absolute atomic E-state index is 4.76. The monoisotopic (exact) mass is 411 g/mol. The van der Waals surface area contributed by atoms with Gasteiger partial charge in [-0.2, -0.15) is 0 Å². The highest BCUT2D eigenvalue weighted by atomic mass is 32.1. The third-order valence-electron chi connectivity index (χ3n) is 4.49. The van der Waals surface area contributed by atoms with Crippen molar-refractivity contribution in [2.24, 2.45) is 4.99 Å². The number of thiazole rings is 1. The molecule has 2 N–H and O–H groups in total. The molecule has 8 heteroatoms. The number of benzene rings is 1. The minimum atomic E-state index is 0.694. The normalized spacial score (nSPS) is 11.6. The Labute approximate surface area is 176 Å². The fraction of sp³-hybridized carbons (Fsp3) is 0.429. The van der Waals surface area contributed by atoms with E-state index in [4.69, 9.17) is 4.98 Å². The standard InChI is InChI=1S/C21H29N7S/c1-4-19-27-25-15-28(19)13-12-24-21(22-5-2)23-11-10-18-14-29-20(26-18)17-8-6-16(3)7-9-17/h6-9,14-15H,4-5,10-13H2,1-3H3,(H2,22,23,24). The quantitative estimate of drug-likeness (QED) is 0.418. The number of hydrogen-bond donors (Lipinski definition) is 2. The van der Waals surface area contributed by atoms with Crippen molar-refractivity contribution in [3.8, 4) is 10.6 Å². The highest BCUT2D eigenvalue weighted by Crippen LogP contribution is 2.24. The van der Waals surface area contributed by atoms with Gasteiger partial charge in [-0.15, -0.1) is 21.5 Å². The molecule has 0 atom stereocenters. The van der Waals surface area contributed by atoms with Gasteiger partial charge in [-0.25, -0.2) is 4.98 Å². The molecule has 7 nitrogen and oxygen atoms in total. The van der Waals surface area contributed by atoms with Gasteiger partial charge in [0.05, 0.1) is 5.69 Å². The zero-order valence-corrected chi connectivity index (χ0v) is 18.2. The average molecular weight is 412 g/mol. The zero-order valence-electron chi connectivity index (χ0n) is 17.4. The first-order valence-corrected chi connectivity index (χ1v) is 11.0. The predicted molar refractivity (Wildman–Crippen MR) is 119 cm³/mol. The zero-order chi connectivity index (χ0) is 20.5. The van der Waals surface area contributed by atoms with Crippen LogP contribution < -0.4 is 10.6 Å². The second-order valence-electron chi connectivity index (χ2n) is 6.74. The summed E-state index contributed by atoms with van der Waals surface area (Å²) in [4.78, 5) is 9.44. The van der Waals surface area contributed by atoms with Crippen LogP contribution in [-0.2, 0) is 19.4 Å². The molecular weight excluding hydrogens is 382 g/mol. The van der Waals surface area contributed by atoms with Gasteiger partial charge in [-0.3, -0.25) is 4.99 Å². The molecule has 0 saturated carbocycles. The van der Waals surface area contributed by atoms with Crippen LogP contribution in [0.1, 0.15) is 30.9 Å². The van der Waals surface area contributed by atoms with Crippen LogP contribution in [0.2, 0.25) is 0 Å². The van der Waals surface area contributed by atoms with Crippen molar-refractivity contribution >= 4 is 17.3 Å². The van der Waals surface area contributed by atoms with Gasteiger partial charge in [-0.05, 0) is 13.8 Å². The second kappa shape index (κ2) is 10.7. The van der Waals surface area contributed by atoms with Crippen molar-refractivity contribution in [2.75, 3.05) is 19.6 Å². The molecule has 0 unspecified atom stereocenters. The highest BCUT2D eigenvalue weighted by molar-refractivity contribution is 7.13. The van der Waals surface area contributed by atoms with Crippen molar-refractivity contribution in [3.63, 3.8) is 0 Å². The van der Waals surface area contributed by atoms with E-state index in [9.17, 15) is 0 Å². The van der Waals surface area contributed by atoms with E-state index in [1.807, 2.05) is 0 Å². The Balaban J connectivity index is 1.50. The number of hydrogen-bond acceptors (Lipinski definition) is 5. The van der Waals surface area contributed by atoms with Gasteiger partial charge in [0.1, 0.15) is 17.2 Å². The molecule has 0 bridgehead atoms. The summed E-state index contributed by atoms with van der Waals surface area (Å²) in [5.74, 6) is 1.83. The van der Waals surface area contributed by atoms with E-state index in [1.54, 1.807) is 17.7 Å². The van der Waals surface area contributed by atoms with Gasteiger partial charge in [0.15, 0.2) is 5.96 Å². The number of aliphatic imine (C=N–C) groups is 1. The molecule has 0 amide bonds. The number of rotatable bonds is 9. The van der Waals surface area contributed by atoms with Crippen molar-refractivity contribution in [3.05, 3.63) is 53.1 Å². The van der Waals surface area contributed by atoms with Crippen LogP contribution in [0.25, 0.3) is 10.6 Å². The molecule has 0 aliphatic carbocycles. The Hall–Kier alpha value is -2.74. The summed E-state index contributed by atoms with van der Waals surface area (Å²) < 4.78 is 2.07. The Bertz CT molecular complexity index is 911. The van der Waals surface area contributed by atoms with Crippen molar-refractivity contribution in [1.29, 1.82) is 0 Å². The molecule has 3 rings (SSSR count). The summed E-state index contributed by atoms with van der Waals surface area (Å²) in [5.41, 5.74) is 3.52. The summed E-state index contributed by atoms with van der Waals surface area (Å²) in [7, 11) is 0. The molecule has 0 spiro atoms. The summed E-state index contributed by atoms with van der Waals surface area (Å²) in [6, 6.07) is 8.50. The maximum Gasteiger partial charge on any atom is 0.191 e. The van der Waals surface area contributed by atoms with E-state index in [0.717, 1.165) is 55.0 Å². The van der Waals surface area contributed by atoms with Gasteiger partial charge in [-0.1, -0.05) is 36.8 Å². The Morgan fingerprint density at radius 1 is 1.17 bits per heavy atom. The molecule has 29 heavy (non-hydrogen) atoms. The van der Waals surface area contributed by atoms with Gasteiger partial charge in [0.25, 0.3) is 0 Å². The molecule has 154 valence electrons. The summed E-state index contributed by atoms with van der Waals surface area (Å²) >= 11 is 1.69. The Kier molecular flexibility index (Phi) is 7.75. The first-order chi connectivity index (χ1) is 14.2. The van der Waals surface area contributed by atoms with Gasteiger partial charge in [0.2, 0.25) is 0 Å². The molecule has 1 aromatic carbocycles. The largest absolute Gasteiger partial charge is 0.357 e. The molecule has 0 aliphatic rings. The minimum Gasteiger partial charge on any atom is -0.357 e. The number of aromatic nitrogens is 4. The van der Waals surface area contributed by atoms with Crippen molar-refractivity contribution in [2.45, 2.75) is 40.2 Å². The average Bonchev–Trinajstić information content (AvgIpc) is 3.38. The predicted octanol–water partition coefficient (Wildman–Crippen LogP) is 3.07. The van der Waals surface area contributed by atoms with E-state index in [1.165, 1.54) is 11.1 Å². The van der Waals surface area contributed by atoms with Crippen LogP contribution in [0.4, 0.5) is 0 Å². The van der Waals surface area contributed by atoms with Crippen LogP contribution in [0.5, 0.6) is 0 Å². The SMILES string of the molecule is CCNC(=NCCc1csc(-c2ccc(C)cc2)n1)NCCn1cnnc1CC. The van der Waals surface area contributed by atoms with Gasteiger partial charge in [0, 0.05) is 50.0 Å². The molecule has 2 heterocycles. The second-order valence-corrected chi connectivity index (χ2v) is 7.60. The number of nitrogens with zero attached hydrogens (tertiary/aromatic N) is 5. The lowest BCUT2D eigenvalue weighted by molar-refractivity contribution is 0.632. The highest BCUT2D eigenvalue weighted by Gasteiger charge is 2.05. The topological polar surface area (TPSA) is 80.0 Å². The lowest BCUT2D eigenvalue weighted by atomic mass is 10.2. The molecule has 3 aromatic rings. The van der Waals surface area contributed by atoms with Crippen LogP contribution in [0.3, 0.4) is 0 Å². The lowest BCUT2D eigenvalue weighted by Gasteiger charge is -2.12. The van der Waals surface area contributed by atoms with Crippen LogP contribution in [0.15, 0.2) is 41.0 Å². The van der Waals surface area contributed by atoms with Crippen LogP contribution in [0, 0.1) is 6.92 Å². The first kappa shape index (κ1) is 21.0. The fourth-order valence-corrected chi connectivity index (χ4v) is 3.77. The maximum atomic E-state index is 4.76. The van der Waals surface area contributed by atoms with Gasteiger partial charge < -0.3 is 15.2 Å². The number of nitrogens with one attached hydrogen (secondary N) is 2. The first-order valence-electron chi connectivity index (χ1n) is 10.1.